The summed E-state index contributed by atoms with van der Waals surface area (Å²) in [4.78, 5) is 27.9. The molecule has 3 aromatic heterocycles. The van der Waals surface area contributed by atoms with Crippen molar-refractivity contribution in [2.45, 2.75) is 44.7 Å². The van der Waals surface area contributed by atoms with Crippen LogP contribution < -0.4 is 16.4 Å². The Morgan fingerprint density at radius 3 is 2.46 bits per heavy atom. The molecule has 0 spiro atoms. The first-order chi connectivity index (χ1) is 18.2. The van der Waals surface area contributed by atoms with Crippen LogP contribution in [0.15, 0.2) is 40.2 Å². The number of nitrogens with zero attached hydrogens (tertiary/aromatic N) is 5. The minimum atomic E-state index is -4.89. The third-order valence-electron chi connectivity index (χ3n) is 5.90. The maximum Gasteiger partial charge on any atom is 0.451 e. The fraction of sp³-hybridized carbons (Fsp3) is 0.348. The molecule has 0 aliphatic carbocycles. The fourth-order valence-corrected chi connectivity index (χ4v) is 4.09. The van der Waals surface area contributed by atoms with Gasteiger partial charge in [-0.1, -0.05) is 0 Å². The fourth-order valence-electron chi connectivity index (χ4n) is 4.09. The van der Waals surface area contributed by atoms with Crippen molar-refractivity contribution in [2.75, 3.05) is 5.32 Å². The summed E-state index contributed by atoms with van der Waals surface area (Å²) in [6.45, 7) is 1.73. The number of aromatic amines is 1. The van der Waals surface area contributed by atoms with Crippen LogP contribution >= 0.6 is 0 Å². The first-order valence-corrected chi connectivity index (χ1v) is 11.4. The van der Waals surface area contributed by atoms with Gasteiger partial charge in [0.2, 0.25) is 5.82 Å². The van der Waals surface area contributed by atoms with Crippen LogP contribution in [-0.2, 0) is 25.9 Å². The van der Waals surface area contributed by atoms with E-state index in [0.717, 1.165) is 19.3 Å². The van der Waals surface area contributed by atoms with E-state index < -0.39 is 58.2 Å². The third-order valence-corrected chi connectivity index (χ3v) is 5.90. The zero-order valence-corrected chi connectivity index (χ0v) is 20.3. The van der Waals surface area contributed by atoms with Gasteiger partial charge in [-0.15, -0.1) is 0 Å². The molecule has 0 saturated heterocycles. The van der Waals surface area contributed by atoms with Crippen LogP contribution in [-0.4, -0.2) is 35.6 Å². The van der Waals surface area contributed by atoms with Crippen molar-refractivity contribution >= 4 is 16.5 Å². The number of hydrogen-bond donors (Lipinski definition) is 2. The topological polar surface area (TPSA) is 110 Å². The molecule has 0 amide bonds. The first kappa shape index (κ1) is 27.8. The lowest BCUT2D eigenvalue weighted by molar-refractivity contribution is -0.147. The number of aromatic nitrogens is 6. The van der Waals surface area contributed by atoms with Crippen molar-refractivity contribution in [1.82, 2.24) is 29.5 Å². The van der Waals surface area contributed by atoms with Gasteiger partial charge in [-0.25, -0.2) is 19.2 Å². The number of halogens is 7. The van der Waals surface area contributed by atoms with Crippen molar-refractivity contribution in [3.8, 4) is 11.4 Å². The van der Waals surface area contributed by atoms with Gasteiger partial charge in [0.1, 0.15) is 11.4 Å². The molecule has 0 fully saturated rings. The van der Waals surface area contributed by atoms with Crippen LogP contribution in [0.2, 0.25) is 0 Å². The van der Waals surface area contributed by atoms with Crippen molar-refractivity contribution in [2.24, 2.45) is 7.05 Å². The summed E-state index contributed by atoms with van der Waals surface area (Å²) in [6, 6.07) is 3.03. The van der Waals surface area contributed by atoms with Gasteiger partial charge in [0.15, 0.2) is 5.82 Å². The minimum absolute atomic E-state index is 0.0266. The highest BCUT2D eigenvalue weighted by Crippen LogP contribution is 2.32. The highest BCUT2D eigenvalue weighted by molar-refractivity contribution is 5.86. The SMILES string of the molecule is CC(CCCn1ccc2cc(-c3nc(C(F)(F)F)n(C)n3)c(F)cc2c1=O)Nc1cn[nH]c(=O)c1C(F)(F)F. The molecule has 208 valence electrons. The van der Waals surface area contributed by atoms with E-state index in [1.54, 1.807) is 12.0 Å². The van der Waals surface area contributed by atoms with Crippen molar-refractivity contribution in [3.05, 3.63) is 68.5 Å². The summed E-state index contributed by atoms with van der Waals surface area (Å²) in [5, 5.41) is 11.6. The average molecular weight is 559 g/mol. The number of nitrogens with one attached hydrogen (secondary N) is 2. The molecule has 9 nitrogen and oxygen atoms in total. The van der Waals surface area contributed by atoms with Gasteiger partial charge < -0.3 is 9.88 Å². The summed E-state index contributed by atoms with van der Waals surface area (Å²) in [6.07, 6.45) is -6.77. The lowest BCUT2D eigenvalue weighted by Gasteiger charge is -2.18. The highest BCUT2D eigenvalue weighted by atomic mass is 19.4. The van der Waals surface area contributed by atoms with Crippen molar-refractivity contribution in [1.29, 1.82) is 0 Å². The zero-order valence-electron chi connectivity index (χ0n) is 20.3. The predicted octanol–water partition coefficient (Wildman–Crippen LogP) is 4.34. The summed E-state index contributed by atoms with van der Waals surface area (Å²) in [5.41, 5.74) is -4.12. The van der Waals surface area contributed by atoms with E-state index in [4.69, 9.17) is 0 Å². The van der Waals surface area contributed by atoms with Gasteiger partial charge in [0, 0.05) is 25.8 Å². The number of anilines is 1. The maximum atomic E-state index is 14.8. The average Bonchev–Trinajstić information content (AvgIpc) is 3.21. The molecule has 0 aliphatic heterocycles. The summed E-state index contributed by atoms with van der Waals surface area (Å²) < 4.78 is 95.4. The van der Waals surface area contributed by atoms with Crippen molar-refractivity contribution < 1.29 is 30.7 Å². The quantitative estimate of drug-likeness (QED) is 0.326. The van der Waals surface area contributed by atoms with E-state index in [1.165, 1.54) is 22.9 Å². The zero-order chi connectivity index (χ0) is 28.7. The highest BCUT2D eigenvalue weighted by Gasteiger charge is 2.38. The second-order valence-electron chi connectivity index (χ2n) is 8.79. The van der Waals surface area contributed by atoms with E-state index in [0.29, 0.717) is 17.5 Å². The molecule has 0 radical (unpaired) electrons. The minimum Gasteiger partial charge on any atom is -0.381 e. The Morgan fingerprint density at radius 2 is 1.82 bits per heavy atom. The molecule has 1 unspecified atom stereocenters. The largest absolute Gasteiger partial charge is 0.451 e. The Kier molecular flexibility index (Phi) is 7.23. The molecule has 39 heavy (non-hydrogen) atoms. The summed E-state index contributed by atoms with van der Waals surface area (Å²) >= 11 is 0. The standard InChI is InChI=1S/C23H20F7N7O2/c1-11(32-16-10-31-34-19(38)17(16)22(25,26)27)4-3-6-37-7-5-12-8-14(15(24)9-13(12)20(37)39)18-33-21(23(28,29)30)36(2)35-18/h5,7-11H,3-4,6H2,1-2H3,(H2,32,34,38). The van der Waals surface area contributed by atoms with E-state index in [2.05, 4.69) is 20.5 Å². The molecule has 16 heteroatoms. The Morgan fingerprint density at radius 1 is 1.10 bits per heavy atom. The van der Waals surface area contributed by atoms with Gasteiger partial charge in [-0.05, 0) is 43.4 Å². The molecular weight excluding hydrogens is 539 g/mol. The van der Waals surface area contributed by atoms with E-state index in [1.807, 2.05) is 0 Å². The van der Waals surface area contributed by atoms with Crippen LogP contribution in [0, 0.1) is 5.82 Å². The number of alkyl halides is 6. The smallest absolute Gasteiger partial charge is 0.381 e. The third kappa shape index (κ3) is 5.78. The lowest BCUT2D eigenvalue weighted by Crippen LogP contribution is -2.27. The van der Waals surface area contributed by atoms with E-state index in [9.17, 15) is 40.3 Å². The normalized spacial score (nSPS) is 13.2. The molecular formula is C23H20F7N7O2. The summed E-state index contributed by atoms with van der Waals surface area (Å²) in [5.74, 6) is -2.78. The van der Waals surface area contributed by atoms with Crippen LogP contribution in [0.25, 0.3) is 22.2 Å². The first-order valence-electron chi connectivity index (χ1n) is 11.4. The molecule has 4 aromatic rings. The Bertz CT molecular complexity index is 1640. The van der Waals surface area contributed by atoms with Gasteiger partial charge in [0.05, 0.1) is 22.8 Å². The lowest BCUT2D eigenvalue weighted by atomic mass is 10.1. The van der Waals surface area contributed by atoms with Gasteiger partial charge >= 0.3 is 12.4 Å². The Labute approximate surface area is 214 Å². The maximum absolute atomic E-state index is 14.8. The Hall–Kier alpha value is -4.24. The molecule has 1 atom stereocenters. The molecule has 4 rings (SSSR count). The van der Waals surface area contributed by atoms with E-state index in [-0.39, 0.29) is 22.9 Å². The van der Waals surface area contributed by atoms with Gasteiger partial charge in [0.25, 0.3) is 11.1 Å². The monoisotopic (exact) mass is 559 g/mol. The number of fused-ring (bicyclic) bond motifs is 1. The molecule has 0 aliphatic rings. The van der Waals surface area contributed by atoms with E-state index >= 15 is 0 Å². The predicted molar refractivity (Wildman–Crippen MR) is 125 cm³/mol. The summed E-state index contributed by atoms with van der Waals surface area (Å²) in [7, 11) is 1.03. The second-order valence-corrected chi connectivity index (χ2v) is 8.79. The number of H-pyrrole nitrogens is 1. The molecule has 0 bridgehead atoms. The van der Waals surface area contributed by atoms with Crippen molar-refractivity contribution in [3.63, 3.8) is 0 Å². The number of hydrogen-bond acceptors (Lipinski definition) is 6. The Balaban J connectivity index is 1.49. The number of rotatable bonds is 7. The van der Waals surface area contributed by atoms with Gasteiger partial charge in [-0.3, -0.25) is 9.59 Å². The number of pyridine rings is 1. The number of aryl methyl sites for hydroxylation is 2. The van der Waals surface area contributed by atoms with Crippen LogP contribution in [0.3, 0.4) is 0 Å². The van der Waals surface area contributed by atoms with Gasteiger partial charge in [-0.2, -0.15) is 36.5 Å². The van der Waals surface area contributed by atoms with Crippen LogP contribution in [0.5, 0.6) is 0 Å². The molecule has 0 saturated carbocycles. The molecule has 2 N–H and O–H groups in total. The number of benzene rings is 1. The molecule has 1 aromatic carbocycles. The van der Waals surface area contributed by atoms with Crippen LogP contribution in [0.4, 0.5) is 36.4 Å². The van der Waals surface area contributed by atoms with Crippen LogP contribution in [0.1, 0.15) is 31.2 Å². The second kappa shape index (κ2) is 10.1. The molecule has 3 heterocycles.